The molecule has 3 nitrogen and oxygen atoms in total. The Morgan fingerprint density at radius 2 is 2.27 bits per heavy atom. The van der Waals surface area contributed by atoms with Crippen LogP contribution in [0.3, 0.4) is 0 Å². The molecule has 0 radical (unpaired) electrons. The van der Waals surface area contributed by atoms with E-state index in [1.54, 1.807) is 12.1 Å². The van der Waals surface area contributed by atoms with Crippen molar-refractivity contribution in [3.8, 4) is 0 Å². The molecule has 0 bridgehead atoms. The van der Waals surface area contributed by atoms with Crippen molar-refractivity contribution in [2.45, 2.75) is 0 Å². The molecule has 0 unspecified atom stereocenters. The summed E-state index contributed by atoms with van der Waals surface area (Å²) in [5.41, 5.74) is 6.45. The predicted molar refractivity (Wildman–Crippen MR) is 45.5 cm³/mol. The molecule has 2 aromatic rings. The van der Waals surface area contributed by atoms with E-state index in [0.29, 0.717) is 10.8 Å². The average Bonchev–Trinajstić information content (AvgIpc) is 2.33. The summed E-state index contributed by atoms with van der Waals surface area (Å²) in [7, 11) is 0. The number of nitrogens with one attached hydrogen (secondary N) is 1. The first-order valence-electron chi connectivity index (χ1n) is 3.16. The van der Waals surface area contributed by atoms with Crippen LogP contribution in [0.15, 0.2) is 18.2 Å². The monoisotopic (exact) mass is 167 g/mol. The van der Waals surface area contributed by atoms with Crippen molar-refractivity contribution in [2.75, 3.05) is 5.73 Å². The van der Waals surface area contributed by atoms with E-state index >= 15 is 0 Å². The van der Waals surface area contributed by atoms with E-state index in [4.69, 9.17) is 17.3 Å². The number of nitrogens with zero attached hydrogens (tertiary/aromatic N) is 1. The van der Waals surface area contributed by atoms with Crippen molar-refractivity contribution in [3.63, 3.8) is 0 Å². The van der Waals surface area contributed by atoms with Crippen LogP contribution in [0.25, 0.3) is 10.9 Å². The van der Waals surface area contributed by atoms with E-state index in [2.05, 4.69) is 10.2 Å². The first kappa shape index (κ1) is 6.49. The Bertz CT molecular complexity index is 393. The number of benzene rings is 1. The Balaban J connectivity index is 2.87. The fourth-order valence-electron chi connectivity index (χ4n) is 1.01. The third kappa shape index (κ3) is 0.935. The third-order valence-corrected chi connectivity index (χ3v) is 1.79. The van der Waals surface area contributed by atoms with Crippen molar-refractivity contribution < 1.29 is 0 Å². The molecule has 0 aliphatic rings. The number of hydrogen-bond donors (Lipinski definition) is 2. The second-order valence-electron chi connectivity index (χ2n) is 2.30. The van der Waals surface area contributed by atoms with Gasteiger partial charge in [-0.25, -0.2) is 0 Å². The SMILES string of the molecule is Nc1n[nH]c2ccc(Cl)cc12. The molecule has 0 saturated heterocycles. The highest BCUT2D eigenvalue weighted by atomic mass is 35.5. The minimum absolute atomic E-state index is 0.488. The predicted octanol–water partition coefficient (Wildman–Crippen LogP) is 1.80. The maximum atomic E-state index is 5.75. The fraction of sp³-hybridized carbons (Fsp3) is 0. The van der Waals surface area contributed by atoms with Crippen LogP contribution in [-0.4, -0.2) is 10.2 Å². The van der Waals surface area contributed by atoms with Gasteiger partial charge in [-0.2, -0.15) is 5.10 Å². The van der Waals surface area contributed by atoms with E-state index in [9.17, 15) is 0 Å². The van der Waals surface area contributed by atoms with Gasteiger partial charge in [-0.15, -0.1) is 0 Å². The molecule has 0 spiro atoms. The van der Waals surface area contributed by atoms with Crippen LogP contribution in [0, 0.1) is 0 Å². The van der Waals surface area contributed by atoms with Gasteiger partial charge >= 0.3 is 0 Å². The summed E-state index contributed by atoms with van der Waals surface area (Å²) in [5, 5.41) is 8.16. The van der Waals surface area contributed by atoms with Gasteiger partial charge in [0.05, 0.1) is 5.52 Å². The van der Waals surface area contributed by atoms with Gasteiger partial charge in [0.2, 0.25) is 0 Å². The molecule has 0 saturated carbocycles. The second kappa shape index (κ2) is 2.13. The van der Waals surface area contributed by atoms with E-state index in [-0.39, 0.29) is 0 Å². The number of halogens is 1. The van der Waals surface area contributed by atoms with Gasteiger partial charge in [-0.1, -0.05) is 11.6 Å². The second-order valence-corrected chi connectivity index (χ2v) is 2.74. The van der Waals surface area contributed by atoms with Crippen LogP contribution in [-0.2, 0) is 0 Å². The minimum Gasteiger partial charge on any atom is -0.382 e. The summed E-state index contributed by atoms with van der Waals surface area (Å²) in [4.78, 5) is 0. The lowest BCUT2D eigenvalue weighted by atomic mass is 10.2. The van der Waals surface area contributed by atoms with Gasteiger partial charge in [-0.3, -0.25) is 5.10 Å². The van der Waals surface area contributed by atoms with Crippen LogP contribution in [0.4, 0.5) is 5.82 Å². The molecule has 0 aliphatic carbocycles. The van der Waals surface area contributed by atoms with Crippen molar-refractivity contribution in [2.24, 2.45) is 0 Å². The molecule has 1 heterocycles. The topological polar surface area (TPSA) is 54.7 Å². The highest BCUT2D eigenvalue weighted by molar-refractivity contribution is 6.31. The van der Waals surface area contributed by atoms with E-state index in [0.717, 1.165) is 10.9 Å². The van der Waals surface area contributed by atoms with Gasteiger partial charge in [0, 0.05) is 10.4 Å². The number of H-pyrrole nitrogens is 1. The zero-order valence-electron chi connectivity index (χ0n) is 5.63. The first-order valence-corrected chi connectivity index (χ1v) is 3.54. The van der Waals surface area contributed by atoms with Gasteiger partial charge in [0.25, 0.3) is 0 Å². The molecule has 56 valence electrons. The Morgan fingerprint density at radius 1 is 1.45 bits per heavy atom. The van der Waals surface area contributed by atoms with Crippen LogP contribution in [0.2, 0.25) is 5.02 Å². The van der Waals surface area contributed by atoms with Gasteiger partial charge < -0.3 is 5.73 Å². The number of anilines is 1. The number of fused-ring (bicyclic) bond motifs is 1. The molecule has 1 aromatic carbocycles. The first-order chi connectivity index (χ1) is 5.27. The fourth-order valence-corrected chi connectivity index (χ4v) is 1.18. The molecule has 0 aliphatic heterocycles. The van der Waals surface area contributed by atoms with Crippen molar-refractivity contribution in [3.05, 3.63) is 23.2 Å². The van der Waals surface area contributed by atoms with E-state index in [1.807, 2.05) is 6.07 Å². The smallest absolute Gasteiger partial charge is 0.153 e. The summed E-state index contributed by atoms with van der Waals surface area (Å²) in [6.07, 6.45) is 0. The molecule has 0 fully saturated rings. The Labute approximate surface area is 68.2 Å². The largest absolute Gasteiger partial charge is 0.382 e. The number of nitrogen functional groups attached to an aromatic ring is 1. The van der Waals surface area contributed by atoms with Crippen LogP contribution < -0.4 is 5.73 Å². The number of nitrogens with two attached hydrogens (primary N) is 1. The van der Waals surface area contributed by atoms with Crippen LogP contribution >= 0.6 is 11.6 Å². The molecule has 0 amide bonds. The molecule has 11 heavy (non-hydrogen) atoms. The van der Waals surface area contributed by atoms with E-state index < -0.39 is 0 Å². The molecule has 3 N–H and O–H groups in total. The Kier molecular flexibility index (Phi) is 1.26. The number of rotatable bonds is 0. The normalized spacial score (nSPS) is 10.6. The number of hydrogen-bond acceptors (Lipinski definition) is 2. The molecule has 0 atom stereocenters. The van der Waals surface area contributed by atoms with Crippen molar-refractivity contribution in [1.29, 1.82) is 0 Å². The average molecular weight is 168 g/mol. The lowest BCUT2D eigenvalue weighted by Gasteiger charge is -1.89. The summed E-state index contributed by atoms with van der Waals surface area (Å²) in [5.74, 6) is 0.488. The molecule has 1 aromatic heterocycles. The molecular weight excluding hydrogens is 162 g/mol. The standard InChI is InChI=1S/C7H6ClN3/c8-4-1-2-6-5(3-4)7(9)11-10-6/h1-3H,(H3,9,10,11). The maximum absolute atomic E-state index is 5.75. The van der Waals surface area contributed by atoms with Gasteiger partial charge in [0.15, 0.2) is 5.82 Å². The zero-order valence-corrected chi connectivity index (χ0v) is 6.39. The summed E-state index contributed by atoms with van der Waals surface area (Å²) in [6.45, 7) is 0. The van der Waals surface area contributed by atoms with Gasteiger partial charge in [0.1, 0.15) is 0 Å². The van der Waals surface area contributed by atoms with Crippen molar-refractivity contribution >= 4 is 28.3 Å². The van der Waals surface area contributed by atoms with Crippen molar-refractivity contribution in [1.82, 2.24) is 10.2 Å². The molecule has 2 rings (SSSR count). The van der Waals surface area contributed by atoms with Crippen LogP contribution in [0.5, 0.6) is 0 Å². The molecular formula is C7H6ClN3. The highest BCUT2D eigenvalue weighted by Crippen LogP contribution is 2.21. The minimum atomic E-state index is 0.488. The number of aromatic nitrogens is 2. The highest BCUT2D eigenvalue weighted by Gasteiger charge is 2.00. The molecule has 4 heteroatoms. The summed E-state index contributed by atoms with van der Waals surface area (Å²) in [6, 6.07) is 5.43. The summed E-state index contributed by atoms with van der Waals surface area (Å²) >= 11 is 5.75. The Morgan fingerprint density at radius 3 is 3.09 bits per heavy atom. The van der Waals surface area contributed by atoms with Gasteiger partial charge in [-0.05, 0) is 18.2 Å². The van der Waals surface area contributed by atoms with E-state index in [1.165, 1.54) is 0 Å². The number of aromatic amines is 1. The zero-order chi connectivity index (χ0) is 7.84. The quantitative estimate of drug-likeness (QED) is 0.629. The van der Waals surface area contributed by atoms with Crippen LogP contribution in [0.1, 0.15) is 0 Å². The lowest BCUT2D eigenvalue weighted by molar-refractivity contribution is 1.13. The lowest BCUT2D eigenvalue weighted by Crippen LogP contribution is -1.83. The maximum Gasteiger partial charge on any atom is 0.153 e. The third-order valence-electron chi connectivity index (χ3n) is 1.55. The Hall–Kier alpha value is -1.22. The summed E-state index contributed by atoms with van der Waals surface area (Å²) < 4.78 is 0.